The molecule has 0 atom stereocenters. The Morgan fingerprint density at radius 3 is 2.60 bits per heavy atom. The third-order valence-electron chi connectivity index (χ3n) is 2.44. The first-order chi connectivity index (χ1) is 9.47. The third-order valence-corrected chi connectivity index (χ3v) is 2.44. The molecule has 1 amide bonds. The molecule has 20 heavy (non-hydrogen) atoms. The Kier molecular flexibility index (Phi) is 3.60. The van der Waals surface area contributed by atoms with E-state index in [0.717, 1.165) is 18.2 Å². The fraction of sp³-hybridized carbons (Fsp3) is 0. The predicted octanol–water partition coefficient (Wildman–Crippen LogP) is 1.88. The molecule has 0 radical (unpaired) electrons. The van der Waals surface area contributed by atoms with Crippen LogP contribution in [0.25, 0.3) is 0 Å². The number of rotatable bonds is 3. The smallest absolute Gasteiger partial charge is 0.335 e. The molecule has 7 heteroatoms. The SMILES string of the molecule is O=C(O)c1ccc(O)c(NC(=O)c2cccc(F)n2)c1. The van der Waals surface area contributed by atoms with Crippen LogP contribution in [0.2, 0.25) is 0 Å². The van der Waals surface area contributed by atoms with Crippen LogP contribution in [0.1, 0.15) is 20.8 Å². The number of hydrogen-bond acceptors (Lipinski definition) is 4. The summed E-state index contributed by atoms with van der Waals surface area (Å²) in [6.45, 7) is 0. The highest BCUT2D eigenvalue weighted by Gasteiger charge is 2.13. The summed E-state index contributed by atoms with van der Waals surface area (Å²) in [6.07, 6.45) is 0. The number of halogens is 1. The molecule has 3 N–H and O–H groups in total. The number of hydrogen-bond donors (Lipinski definition) is 3. The third kappa shape index (κ3) is 2.89. The maximum absolute atomic E-state index is 12.9. The standard InChI is InChI=1S/C13H9FN2O4/c14-11-3-1-2-8(15-11)12(18)16-9-6-7(13(19)20)4-5-10(9)17/h1-6,17H,(H,16,18)(H,19,20). The number of anilines is 1. The van der Waals surface area contributed by atoms with Gasteiger partial charge in [-0.25, -0.2) is 9.78 Å². The predicted molar refractivity (Wildman–Crippen MR) is 67.2 cm³/mol. The number of aromatic carboxylic acids is 1. The number of nitrogens with zero attached hydrogens (tertiary/aromatic N) is 1. The quantitative estimate of drug-likeness (QED) is 0.587. The minimum Gasteiger partial charge on any atom is -0.506 e. The summed E-state index contributed by atoms with van der Waals surface area (Å²) in [5.74, 6) is -3.09. The summed E-state index contributed by atoms with van der Waals surface area (Å²) in [5, 5.41) is 20.7. The van der Waals surface area contributed by atoms with Gasteiger partial charge in [0, 0.05) is 0 Å². The van der Waals surface area contributed by atoms with Gasteiger partial charge < -0.3 is 15.5 Å². The maximum atomic E-state index is 12.9. The number of aromatic hydroxyl groups is 1. The van der Waals surface area contributed by atoms with Gasteiger partial charge >= 0.3 is 5.97 Å². The zero-order chi connectivity index (χ0) is 14.7. The Labute approximate surface area is 112 Å². The van der Waals surface area contributed by atoms with E-state index in [1.54, 1.807) is 0 Å². The molecule has 2 rings (SSSR count). The summed E-state index contributed by atoms with van der Waals surface area (Å²) in [4.78, 5) is 26.0. The lowest BCUT2D eigenvalue weighted by molar-refractivity contribution is 0.0696. The zero-order valence-electron chi connectivity index (χ0n) is 10.0. The first-order valence-electron chi connectivity index (χ1n) is 5.47. The van der Waals surface area contributed by atoms with Crippen molar-refractivity contribution in [1.29, 1.82) is 0 Å². The van der Waals surface area contributed by atoms with E-state index in [4.69, 9.17) is 5.11 Å². The molecule has 1 aromatic heterocycles. The average Bonchev–Trinajstić information content (AvgIpc) is 2.41. The van der Waals surface area contributed by atoms with Gasteiger partial charge in [0.2, 0.25) is 5.95 Å². The molecule has 1 heterocycles. The highest BCUT2D eigenvalue weighted by atomic mass is 19.1. The fourth-order valence-electron chi connectivity index (χ4n) is 1.49. The topological polar surface area (TPSA) is 99.5 Å². The molecule has 0 fully saturated rings. The van der Waals surface area contributed by atoms with Gasteiger partial charge in [0.05, 0.1) is 11.3 Å². The lowest BCUT2D eigenvalue weighted by Gasteiger charge is -2.07. The number of pyridine rings is 1. The van der Waals surface area contributed by atoms with Crippen molar-refractivity contribution in [3.05, 3.63) is 53.6 Å². The number of phenolic OH excluding ortho intramolecular Hbond substituents is 1. The van der Waals surface area contributed by atoms with E-state index in [1.807, 2.05) is 0 Å². The number of carboxylic acids is 1. The Hall–Kier alpha value is -2.96. The highest BCUT2D eigenvalue weighted by molar-refractivity contribution is 6.04. The molecule has 0 spiro atoms. The first-order valence-corrected chi connectivity index (χ1v) is 5.47. The molecule has 0 saturated carbocycles. The molecule has 0 unspecified atom stereocenters. The van der Waals surface area contributed by atoms with E-state index in [1.165, 1.54) is 18.2 Å². The van der Waals surface area contributed by atoms with Gasteiger partial charge in [-0.15, -0.1) is 0 Å². The average molecular weight is 276 g/mol. The lowest BCUT2D eigenvalue weighted by atomic mass is 10.2. The molecule has 102 valence electrons. The van der Waals surface area contributed by atoms with Crippen molar-refractivity contribution in [2.45, 2.75) is 0 Å². The highest BCUT2D eigenvalue weighted by Crippen LogP contribution is 2.24. The summed E-state index contributed by atoms with van der Waals surface area (Å²) in [6, 6.07) is 7.10. The van der Waals surface area contributed by atoms with Crippen LogP contribution in [-0.2, 0) is 0 Å². The molecular weight excluding hydrogens is 267 g/mol. The van der Waals surface area contributed by atoms with Crippen LogP contribution in [-0.4, -0.2) is 27.1 Å². The first kappa shape index (κ1) is 13.5. The fourth-order valence-corrected chi connectivity index (χ4v) is 1.49. The van der Waals surface area contributed by atoms with Gasteiger partial charge in [-0.05, 0) is 30.3 Å². The van der Waals surface area contributed by atoms with Crippen molar-refractivity contribution < 1.29 is 24.2 Å². The summed E-state index contributed by atoms with van der Waals surface area (Å²) in [7, 11) is 0. The van der Waals surface area contributed by atoms with Gasteiger partial charge in [0.25, 0.3) is 5.91 Å². The van der Waals surface area contributed by atoms with E-state index < -0.39 is 17.8 Å². The number of nitrogens with one attached hydrogen (secondary N) is 1. The summed E-state index contributed by atoms with van der Waals surface area (Å²) in [5.41, 5.74) is -0.392. The monoisotopic (exact) mass is 276 g/mol. The van der Waals surface area contributed by atoms with E-state index in [-0.39, 0.29) is 22.7 Å². The van der Waals surface area contributed by atoms with Crippen LogP contribution >= 0.6 is 0 Å². The van der Waals surface area contributed by atoms with Crippen molar-refractivity contribution in [2.75, 3.05) is 5.32 Å². The number of aromatic nitrogens is 1. The molecule has 2 aromatic rings. The van der Waals surface area contributed by atoms with Crippen LogP contribution in [0.15, 0.2) is 36.4 Å². The van der Waals surface area contributed by atoms with Gasteiger partial charge in [-0.1, -0.05) is 6.07 Å². The molecular formula is C13H9FN2O4. The minimum absolute atomic E-state index is 0.0963. The summed E-state index contributed by atoms with van der Waals surface area (Å²) >= 11 is 0. The number of carbonyl (C=O) groups excluding carboxylic acids is 1. The second kappa shape index (κ2) is 5.35. The van der Waals surface area contributed by atoms with Crippen LogP contribution < -0.4 is 5.32 Å². The van der Waals surface area contributed by atoms with Crippen LogP contribution in [0.5, 0.6) is 5.75 Å². The Bertz CT molecular complexity index is 688. The van der Waals surface area contributed by atoms with Crippen molar-refractivity contribution in [3.8, 4) is 5.75 Å². The van der Waals surface area contributed by atoms with Crippen molar-refractivity contribution in [2.24, 2.45) is 0 Å². The zero-order valence-corrected chi connectivity index (χ0v) is 10.0. The van der Waals surface area contributed by atoms with Crippen molar-refractivity contribution in [3.63, 3.8) is 0 Å². The van der Waals surface area contributed by atoms with Gasteiger partial charge in [-0.2, -0.15) is 4.39 Å². The Balaban J connectivity index is 2.27. The molecule has 6 nitrogen and oxygen atoms in total. The van der Waals surface area contributed by atoms with Gasteiger partial charge in [-0.3, -0.25) is 4.79 Å². The second-order valence-electron chi connectivity index (χ2n) is 3.84. The normalized spacial score (nSPS) is 10.1. The van der Waals surface area contributed by atoms with E-state index in [2.05, 4.69) is 10.3 Å². The largest absolute Gasteiger partial charge is 0.506 e. The van der Waals surface area contributed by atoms with E-state index >= 15 is 0 Å². The molecule has 0 aliphatic carbocycles. The second-order valence-corrected chi connectivity index (χ2v) is 3.84. The number of amides is 1. The molecule has 0 bridgehead atoms. The maximum Gasteiger partial charge on any atom is 0.335 e. The lowest BCUT2D eigenvalue weighted by Crippen LogP contribution is -2.14. The Morgan fingerprint density at radius 2 is 1.95 bits per heavy atom. The van der Waals surface area contributed by atoms with E-state index in [9.17, 15) is 19.1 Å². The minimum atomic E-state index is -1.20. The van der Waals surface area contributed by atoms with Gasteiger partial charge in [0.15, 0.2) is 0 Å². The summed E-state index contributed by atoms with van der Waals surface area (Å²) < 4.78 is 12.9. The van der Waals surface area contributed by atoms with E-state index in [0.29, 0.717) is 0 Å². The molecule has 0 saturated heterocycles. The van der Waals surface area contributed by atoms with Crippen LogP contribution in [0.3, 0.4) is 0 Å². The number of carboxylic acid groups (broad SMARTS) is 1. The van der Waals surface area contributed by atoms with Crippen molar-refractivity contribution in [1.82, 2.24) is 4.98 Å². The molecule has 1 aromatic carbocycles. The van der Waals surface area contributed by atoms with Crippen LogP contribution in [0.4, 0.5) is 10.1 Å². The number of phenols is 1. The van der Waals surface area contributed by atoms with Crippen LogP contribution in [0, 0.1) is 5.95 Å². The molecule has 0 aliphatic heterocycles. The molecule has 0 aliphatic rings. The Morgan fingerprint density at radius 1 is 1.20 bits per heavy atom. The van der Waals surface area contributed by atoms with Gasteiger partial charge in [0.1, 0.15) is 11.4 Å². The van der Waals surface area contributed by atoms with Crippen molar-refractivity contribution >= 4 is 17.6 Å². The number of benzene rings is 1. The number of carbonyl (C=O) groups is 2.